The van der Waals surface area contributed by atoms with Crippen LogP contribution in [-0.2, 0) is 23.0 Å². The Kier molecular flexibility index (Phi) is 3.63. The first-order valence-electron chi connectivity index (χ1n) is 6.62. The monoisotopic (exact) mass is 386 g/mol. The predicted molar refractivity (Wildman–Crippen MR) is 79.2 cm³/mol. The SMILES string of the molecule is O=C(O)[C@@]1(c2ccccc2)Cc2c(ccc(C(F)(F)F)c2Br)O1. The van der Waals surface area contributed by atoms with E-state index in [0.29, 0.717) is 5.56 Å². The van der Waals surface area contributed by atoms with E-state index in [1.54, 1.807) is 30.3 Å². The summed E-state index contributed by atoms with van der Waals surface area (Å²) >= 11 is 2.95. The van der Waals surface area contributed by atoms with Gasteiger partial charge in [-0.2, -0.15) is 13.2 Å². The number of aliphatic carboxylic acids is 1. The number of fused-ring (bicyclic) bond motifs is 1. The summed E-state index contributed by atoms with van der Waals surface area (Å²) in [6, 6.07) is 10.2. The first-order valence-corrected chi connectivity index (χ1v) is 7.41. The number of alkyl halides is 3. The lowest BCUT2D eigenvalue weighted by molar-refractivity contribution is -0.154. The summed E-state index contributed by atoms with van der Waals surface area (Å²) in [5.74, 6) is -1.11. The third kappa shape index (κ3) is 2.49. The second kappa shape index (κ2) is 5.26. The molecule has 0 unspecified atom stereocenters. The molecule has 1 atom stereocenters. The van der Waals surface area contributed by atoms with Gasteiger partial charge in [-0.1, -0.05) is 30.3 Å². The molecule has 0 aromatic heterocycles. The zero-order valence-electron chi connectivity index (χ0n) is 11.5. The molecule has 0 amide bonds. The molecule has 2 aromatic carbocycles. The van der Waals surface area contributed by atoms with Crippen molar-refractivity contribution >= 4 is 21.9 Å². The largest absolute Gasteiger partial charge is 0.478 e. The van der Waals surface area contributed by atoms with Gasteiger partial charge in [-0.15, -0.1) is 0 Å². The molecule has 1 aliphatic heterocycles. The van der Waals surface area contributed by atoms with Crippen molar-refractivity contribution in [3.05, 3.63) is 63.6 Å². The highest BCUT2D eigenvalue weighted by Crippen LogP contribution is 2.48. The molecule has 1 N–H and O–H groups in total. The summed E-state index contributed by atoms with van der Waals surface area (Å²) in [6.45, 7) is 0. The van der Waals surface area contributed by atoms with Crippen molar-refractivity contribution in [2.24, 2.45) is 0 Å². The third-order valence-electron chi connectivity index (χ3n) is 3.80. The lowest BCUT2D eigenvalue weighted by Gasteiger charge is -2.24. The van der Waals surface area contributed by atoms with Crippen LogP contribution >= 0.6 is 15.9 Å². The Hall–Kier alpha value is -2.02. The number of carbonyl (C=O) groups is 1. The maximum Gasteiger partial charge on any atom is 0.417 e. The Morgan fingerprint density at radius 1 is 1.17 bits per heavy atom. The fourth-order valence-electron chi connectivity index (χ4n) is 2.67. The third-order valence-corrected chi connectivity index (χ3v) is 4.71. The molecule has 1 aliphatic rings. The van der Waals surface area contributed by atoms with Gasteiger partial charge in [-0.3, -0.25) is 0 Å². The Labute approximate surface area is 137 Å². The molecule has 0 saturated carbocycles. The standard InChI is InChI=1S/C16H10BrF3O3/c17-13-10-8-15(14(21)22,9-4-2-1-3-5-9)23-12(10)7-6-11(13)16(18,19)20/h1-7H,8H2,(H,21,22)/t15-/m0/s1. The predicted octanol–water partition coefficient (Wildman–Crippen LogP) is 4.38. The number of carboxylic acids is 1. The van der Waals surface area contributed by atoms with Crippen molar-refractivity contribution in [2.75, 3.05) is 0 Å². The quantitative estimate of drug-likeness (QED) is 0.832. The fourth-order valence-corrected chi connectivity index (χ4v) is 3.36. The van der Waals surface area contributed by atoms with Crippen LogP contribution in [0.1, 0.15) is 16.7 Å². The smallest absolute Gasteiger partial charge is 0.417 e. The number of rotatable bonds is 2. The van der Waals surface area contributed by atoms with Crippen LogP contribution in [0.5, 0.6) is 5.75 Å². The number of carboxylic acid groups (broad SMARTS) is 1. The van der Waals surface area contributed by atoms with Gasteiger partial charge in [0, 0.05) is 22.0 Å². The van der Waals surface area contributed by atoms with E-state index >= 15 is 0 Å². The van der Waals surface area contributed by atoms with Crippen molar-refractivity contribution < 1.29 is 27.8 Å². The van der Waals surface area contributed by atoms with Crippen molar-refractivity contribution in [1.29, 1.82) is 0 Å². The van der Waals surface area contributed by atoms with Gasteiger partial charge >= 0.3 is 12.1 Å². The molecule has 1 heterocycles. The summed E-state index contributed by atoms with van der Waals surface area (Å²) in [4.78, 5) is 11.8. The van der Waals surface area contributed by atoms with E-state index in [4.69, 9.17) is 4.74 Å². The van der Waals surface area contributed by atoms with Gasteiger partial charge in [-0.25, -0.2) is 4.79 Å². The van der Waals surface area contributed by atoms with Crippen molar-refractivity contribution in [3.8, 4) is 5.75 Å². The average Bonchev–Trinajstić information content (AvgIpc) is 2.89. The van der Waals surface area contributed by atoms with Gasteiger partial charge in [0.05, 0.1) is 5.56 Å². The van der Waals surface area contributed by atoms with E-state index in [2.05, 4.69) is 15.9 Å². The molecule has 0 saturated heterocycles. The van der Waals surface area contributed by atoms with Crippen LogP contribution in [0.2, 0.25) is 0 Å². The first-order chi connectivity index (χ1) is 10.8. The molecule has 23 heavy (non-hydrogen) atoms. The van der Waals surface area contributed by atoms with E-state index < -0.39 is 23.3 Å². The first kappa shape index (κ1) is 15.9. The molecule has 0 bridgehead atoms. The Bertz CT molecular complexity index is 774. The van der Waals surface area contributed by atoms with Crippen molar-refractivity contribution in [2.45, 2.75) is 18.2 Å². The van der Waals surface area contributed by atoms with Crippen molar-refractivity contribution in [3.63, 3.8) is 0 Å². The minimum Gasteiger partial charge on any atom is -0.478 e. The molecule has 0 fully saturated rings. The molecule has 3 nitrogen and oxygen atoms in total. The summed E-state index contributed by atoms with van der Waals surface area (Å²) in [6.07, 6.45) is -4.72. The molecule has 120 valence electrons. The van der Waals surface area contributed by atoms with Gasteiger partial charge in [0.25, 0.3) is 0 Å². The van der Waals surface area contributed by atoms with E-state index in [1.807, 2.05) is 0 Å². The summed E-state index contributed by atoms with van der Waals surface area (Å²) in [5, 5.41) is 9.65. The number of hydrogen-bond acceptors (Lipinski definition) is 2. The molecule has 0 aliphatic carbocycles. The maximum absolute atomic E-state index is 13.0. The lowest BCUT2D eigenvalue weighted by Crippen LogP contribution is -2.40. The Balaban J connectivity index is 2.13. The van der Waals surface area contributed by atoms with E-state index in [9.17, 15) is 23.1 Å². The topological polar surface area (TPSA) is 46.5 Å². The second-order valence-corrected chi connectivity index (χ2v) is 5.97. The molecular formula is C16H10BrF3O3. The minimum atomic E-state index is -4.53. The zero-order valence-corrected chi connectivity index (χ0v) is 13.1. The number of benzene rings is 2. The summed E-state index contributed by atoms with van der Waals surface area (Å²) < 4.78 is 44.4. The highest BCUT2D eigenvalue weighted by Gasteiger charge is 2.50. The highest BCUT2D eigenvalue weighted by atomic mass is 79.9. The molecule has 0 spiro atoms. The van der Waals surface area contributed by atoms with Gasteiger partial charge in [-0.05, 0) is 28.1 Å². The Morgan fingerprint density at radius 2 is 1.83 bits per heavy atom. The minimum absolute atomic E-state index is 0.135. The van der Waals surface area contributed by atoms with Crippen LogP contribution in [0.3, 0.4) is 0 Å². The van der Waals surface area contributed by atoms with E-state index in [0.717, 1.165) is 12.1 Å². The van der Waals surface area contributed by atoms with Crippen LogP contribution in [0.25, 0.3) is 0 Å². The zero-order chi connectivity index (χ0) is 16.8. The lowest BCUT2D eigenvalue weighted by atomic mass is 9.89. The van der Waals surface area contributed by atoms with Gasteiger partial charge in [0.2, 0.25) is 5.60 Å². The normalized spacial score (nSPS) is 20.0. The molecule has 0 radical (unpaired) electrons. The molecular weight excluding hydrogens is 377 g/mol. The van der Waals surface area contributed by atoms with Gasteiger partial charge in [0.15, 0.2) is 0 Å². The number of halogens is 4. The van der Waals surface area contributed by atoms with Gasteiger partial charge < -0.3 is 9.84 Å². The van der Waals surface area contributed by atoms with Crippen molar-refractivity contribution in [1.82, 2.24) is 0 Å². The molecule has 7 heteroatoms. The van der Waals surface area contributed by atoms with Crippen LogP contribution in [0.4, 0.5) is 13.2 Å². The van der Waals surface area contributed by atoms with Crippen LogP contribution in [-0.4, -0.2) is 11.1 Å². The summed E-state index contributed by atoms with van der Waals surface area (Å²) in [7, 11) is 0. The fraction of sp³-hybridized carbons (Fsp3) is 0.188. The second-order valence-electron chi connectivity index (χ2n) is 5.18. The van der Waals surface area contributed by atoms with Crippen LogP contribution < -0.4 is 4.74 Å². The molecule has 3 rings (SSSR count). The number of ether oxygens (including phenoxy) is 1. The van der Waals surface area contributed by atoms with E-state index in [-0.39, 0.29) is 22.2 Å². The maximum atomic E-state index is 13.0. The highest BCUT2D eigenvalue weighted by molar-refractivity contribution is 9.10. The Morgan fingerprint density at radius 3 is 2.39 bits per heavy atom. The van der Waals surface area contributed by atoms with Crippen LogP contribution in [0, 0.1) is 0 Å². The average molecular weight is 387 g/mol. The molecule has 2 aromatic rings. The summed E-state index contributed by atoms with van der Waals surface area (Å²) in [5.41, 5.74) is -2.00. The van der Waals surface area contributed by atoms with Gasteiger partial charge in [0.1, 0.15) is 5.75 Å². The number of hydrogen-bond donors (Lipinski definition) is 1. The van der Waals surface area contributed by atoms with Crippen LogP contribution in [0.15, 0.2) is 46.9 Å². The van der Waals surface area contributed by atoms with E-state index in [1.165, 1.54) is 0 Å².